The zero-order chi connectivity index (χ0) is 19.1. The fraction of sp³-hybridized carbons (Fsp3) is 0.500. The van der Waals surface area contributed by atoms with E-state index in [4.69, 9.17) is 0 Å². The highest BCUT2D eigenvalue weighted by Gasteiger charge is 2.31. The van der Waals surface area contributed by atoms with Gasteiger partial charge in [-0.1, -0.05) is 6.07 Å². The molecular weight excluding hydrogens is 364 g/mol. The number of anilines is 1. The van der Waals surface area contributed by atoms with E-state index in [1.807, 2.05) is 4.90 Å². The Morgan fingerprint density at radius 3 is 2.54 bits per heavy atom. The van der Waals surface area contributed by atoms with Crippen LogP contribution in [0.25, 0.3) is 0 Å². The van der Waals surface area contributed by atoms with Crippen molar-refractivity contribution in [3.05, 3.63) is 41.2 Å². The second-order valence-electron chi connectivity index (χ2n) is 6.60. The van der Waals surface area contributed by atoms with Gasteiger partial charge in [-0.2, -0.15) is 0 Å². The molecular formula is C16H21F2N5O2S. The maximum absolute atomic E-state index is 14.0. The molecule has 1 N–H and O–H groups in total. The third kappa shape index (κ3) is 3.70. The molecule has 1 saturated heterocycles. The van der Waals surface area contributed by atoms with Crippen molar-refractivity contribution in [2.75, 3.05) is 24.2 Å². The van der Waals surface area contributed by atoms with Crippen LogP contribution in [0, 0.1) is 11.6 Å². The molecule has 1 aromatic carbocycles. The Hall–Kier alpha value is -2.07. The van der Waals surface area contributed by atoms with Gasteiger partial charge in [0.1, 0.15) is 11.6 Å². The Labute approximate surface area is 151 Å². The summed E-state index contributed by atoms with van der Waals surface area (Å²) in [5.74, 6) is -0.349. The van der Waals surface area contributed by atoms with Crippen LogP contribution in [0.15, 0.2) is 18.2 Å². The molecule has 0 radical (unpaired) electrons. The first kappa shape index (κ1) is 18.7. The van der Waals surface area contributed by atoms with E-state index in [1.165, 1.54) is 18.2 Å². The molecule has 142 valence electrons. The zero-order valence-corrected chi connectivity index (χ0v) is 15.6. The Kier molecular flexibility index (Phi) is 4.98. The topological polar surface area (TPSA) is 80.1 Å². The molecule has 0 aliphatic carbocycles. The Morgan fingerprint density at radius 2 is 1.92 bits per heavy atom. The first-order chi connectivity index (χ1) is 12.2. The van der Waals surface area contributed by atoms with E-state index in [2.05, 4.69) is 14.9 Å². The molecule has 1 aliphatic rings. The highest BCUT2D eigenvalue weighted by atomic mass is 32.2. The summed E-state index contributed by atoms with van der Waals surface area (Å²) >= 11 is 0. The van der Waals surface area contributed by atoms with Gasteiger partial charge in [-0.05, 0) is 25.5 Å². The second-order valence-corrected chi connectivity index (χ2v) is 8.38. The smallest absolute Gasteiger partial charge is 0.227 e. The molecule has 3 rings (SSSR count). The van der Waals surface area contributed by atoms with E-state index in [1.54, 1.807) is 18.5 Å². The quantitative estimate of drug-likeness (QED) is 0.847. The summed E-state index contributed by atoms with van der Waals surface area (Å²) in [6, 6.07) is 3.34. The van der Waals surface area contributed by atoms with Crippen LogP contribution >= 0.6 is 0 Å². The van der Waals surface area contributed by atoms with Gasteiger partial charge in [0.25, 0.3) is 0 Å². The van der Waals surface area contributed by atoms with Crippen molar-refractivity contribution in [3.8, 4) is 0 Å². The maximum Gasteiger partial charge on any atom is 0.227 e. The van der Waals surface area contributed by atoms with Gasteiger partial charge in [0.05, 0.1) is 12.3 Å². The van der Waals surface area contributed by atoms with Crippen molar-refractivity contribution >= 4 is 16.0 Å². The number of benzene rings is 1. The van der Waals surface area contributed by atoms with Crippen molar-refractivity contribution in [2.45, 2.75) is 25.3 Å². The van der Waals surface area contributed by atoms with Crippen molar-refractivity contribution < 1.29 is 17.2 Å². The average Bonchev–Trinajstić information content (AvgIpc) is 3.12. The normalized spacial score (nSPS) is 19.1. The first-order valence-electron chi connectivity index (χ1n) is 8.23. The van der Waals surface area contributed by atoms with Gasteiger partial charge >= 0.3 is 0 Å². The minimum atomic E-state index is -3.38. The number of hydrogen-bond donors (Lipinski definition) is 1. The molecule has 0 amide bonds. The van der Waals surface area contributed by atoms with Crippen LogP contribution in [0.4, 0.5) is 14.7 Å². The molecule has 26 heavy (non-hydrogen) atoms. The Bertz CT molecular complexity index is 895. The molecule has 0 saturated carbocycles. The van der Waals surface area contributed by atoms with Crippen molar-refractivity contribution in [3.63, 3.8) is 0 Å². The number of nitrogens with zero attached hydrogens (tertiary/aromatic N) is 4. The van der Waals surface area contributed by atoms with Gasteiger partial charge in [0.2, 0.25) is 16.0 Å². The molecule has 10 heteroatoms. The van der Waals surface area contributed by atoms with Gasteiger partial charge in [0, 0.05) is 31.6 Å². The monoisotopic (exact) mass is 385 g/mol. The van der Waals surface area contributed by atoms with E-state index >= 15 is 0 Å². The second kappa shape index (κ2) is 6.92. The zero-order valence-electron chi connectivity index (χ0n) is 14.8. The summed E-state index contributed by atoms with van der Waals surface area (Å²) < 4.78 is 55.0. The van der Waals surface area contributed by atoms with E-state index < -0.39 is 27.7 Å². The highest BCUT2D eigenvalue weighted by molar-refractivity contribution is 7.88. The summed E-state index contributed by atoms with van der Waals surface area (Å²) in [6.45, 7) is 2.67. The minimum absolute atomic E-state index is 0.101. The van der Waals surface area contributed by atoms with Crippen LogP contribution in [0.3, 0.4) is 0 Å². The van der Waals surface area contributed by atoms with Crippen molar-refractivity contribution in [2.24, 2.45) is 7.05 Å². The molecule has 1 fully saturated rings. The summed E-state index contributed by atoms with van der Waals surface area (Å²) in [5.41, 5.74) is 0.101. The summed E-state index contributed by atoms with van der Waals surface area (Å²) in [4.78, 5) is 1.90. The van der Waals surface area contributed by atoms with Crippen LogP contribution in [-0.4, -0.2) is 42.5 Å². The van der Waals surface area contributed by atoms with Crippen LogP contribution < -0.4 is 9.62 Å². The lowest BCUT2D eigenvalue weighted by Gasteiger charge is -2.19. The Balaban J connectivity index is 1.80. The largest absolute Gasteiger partial charge is 0.340 e. The predicted molar refractivity (Wildman–Crippen MR) is 93.3 cm³/mol. The number of hydrogen-bond acceptors (Lipinski definition) is 5. The van der Waals surface area contributed by atoms with Gasteiger partial charge in [-0.3, -0.25) is 4.57 Å². The van der Waals surface area contributed by atoms with Crippen LogP contribution in [0.5, 0.6) is 0 Å². The van der Waals surface area contributed by atoms with Crippen LogP contribution in [0.2, 0.25) is 0 Å². The maximum atomic E-state index is 14.0. The van der Waals surface area contributed by atoms with Crippen molar-refractivity contribution in [1.29, 1.82) is 0 Å². The van der Waals surface area contributed by atoms with Gasteiger partial charge < -0.3 is 4.90 Å². The highest BCUT2D eigenvalue weighted by Crippen LogP contribution is 2.33. The lowest BCUT2D eigenvalue weighted by atomic mass is 9.97. The van der Waals surface area contributed by atoms with Gasteiger partial charge in [-0.15, -0.1) is 10.2 Å². The molecule has 2 atom stereocenters. The fourth-order valence-electron chi connectivity index (χ4n) is 3.44. The lowest BCUT2D eigenvalue weighted by molar-refractivity contribution is 0.532. The SMILES string of the molecule is C[C@H](NS(C)(=O)=O)c1nnc(N2CCC(c3c(F)cccc3F)C2)n1C. The molecule has 1 aliphatic heterocycles. The van der Waals surface area contributed by atoms with E-state index in [9.17, 15) is 17.2 Å². The molecule has 0 spiro atoms. The predicted octanol–water partition coefficient (Wildman–Crippen LogP) is 1.70. The minimum Gasteiger partial charge on any atom is -0.340 e. The van der Waals surface area contributed by atoms with E-state index in [0.29, 0.717) is 31.3 Å². The molecule has 1 unspecified atom stereocenters. The number of sulfonamides is 1. The summed E-state index contributed by atoms with van der Waals surface area (Å²) in [5, 5.41) is 8.21. The first-order valence-corrected chi connectivity index (χ1v) is 10.1. The standard InChI is InChI=1S/C16H21F2N5O2S/c1-10(21-26(3,24)25)15-19-20-16(22(15)2)23-8-7-11(9-23)14-12(17)5-4-6-13(14)18/h4-6,10-11,21H,7-9H2,1-3H3/t10-,11?/m0/s1. The fourth-order valence-corrected chi connectivity index (χ4v) is 4.18. The molecule has 2 heterocycles. The molecule has 7 nitrogen and oxygen atoms in total. The third-order valence-corrected chi connectivity index (χ3v) is 5.32. The number of rotatable bonds is 5. The van der Waals surface area contributed by atoms with Crippen LogP contribution in [-0.2, 0) is 17.1 Å². The van der Waals surface area contributed by atoms with Crippen LogP contribution in [0.1, 0.15) is 36.7 Å². The molecule has 0 bridgehead atoms. The Morgan fingerprint density at radius 1 is 1.27 bits per heavy atom. The molecule has 1 aromatic heterocycles. The summed E-state index contributed by atoms with van der Waals surface area (Å²) in [6.07, 6.45) is 1.67. The number of aromatic nitrogens is 3. The summed E-state index contributed by atoms with van der Waals surface area (Å²) in [7, 11) is -1.64. The van der Waals surface area contributed by atoms with Gasteiger partial charge in [0.15, 0.2) is 5.82 Å². The number of nitrogens with one attached hydrogen (secondary N) is 1. The third-order valence-electron chi connectivity index (χ3n) is 4.54. The lowest BCUT2D eigenvalue weighted by Crippen LogP contribution is -2.28. The average molecular weight is 385 g/mol. The van der Waals surface area contributed by atoms with E-state index in [-0.39, 0.29) is 11.5 Å². The molecule has 2 aromatic rings. The van der Waals surface area contributed by atoms with Gasteiger partial charge in [-0.25, -0.2) is 21.9 Å². The van der Waals surface area contributed by atoms with Crippen molar-refractivity contribution in [1.82, 2.24) is 19.5 Å². The van der Waals surface area contributed by atoms with E-state index in [0.717, 1.165) is 6.26 Å². The number of halogens is 2.